The molecule has 4 heterocycles. The predicted molar refractivity (Wildman–Crippen MR) is 273 cm³/mol. The first kappa shape index (κ1) is 46.8. The third-order valence-electron chi connectivity index (χ3n) is 12.7. The van der Waals surface area contributed by atoms with Gasteiger partial charge in [0.2, 0.25) is 0 Å². The molecule has 345 valence electrons. The maximum atomic E-state index is 13.9. The maximum absolute atomic E-state index is 13.9. The fourth-order valence-electron chi connectivity index (χ4n) is 9.09. The number of nitrogens with zero attached hydrogens (tertiary/aromatic N) is 4. The van der Waals surface area contributed by atoms with Crippen molar-refractivity contribution in [3.05, 3.63) is 192 Å². The molecule has 0 atom stereocenters. The molecule has 11 aromatic rings. The van der Waals surface area contributed by atoms with Crippen molar-refractivity contribution in [2.24, 2.45) is 0 Å². The molecular weight excluding hydrogens is 1040 g/mol. The SMILES string of the molecule is CC(C)(C)c1ccc(-c2[c-]cc(C(=O)O)cc2F)nc1.CC(C)c1cccc(C(C)C)c1-n1c(-c2[c-]ccc3c2oc2cc4c(ccc5ccccc54)cc23)nc2cnc(-c3ccccc3)cc21.[Ir]. The molecule has 0 amide bonds. The number of rotatable bonds is 7. The van der Waals surface area contributed by atoms with Gasteiger partial charge in [-0.05, 0) is 84.9 Å². The topological polar surface area (TPSA) is 94.0 Å². The summed E-state index contributed by atoms with van der Waals surface area (Å²) in [5.41, 5.74) is 11.5. The minimum Gasteiger partial charge on any atom is -0.501 e. The summed E-state index contributed by atoms with van der Waals surface area (Å²) >= 11 is 0. The molecule has 7 aromatic carbocycles. The Bertz CT molecular complexity index is 3690. The van der Waals surface area contributed by atoms with Crippen LogP contribution in [0, 0.1) is 17.9 Å². The molecule has 9 heteroatoms. The van der Waals surface area contributed by atoms with Crippen molar-refractivity contribution in [3.63, 3.8) is 0 Å². The van der Waals surface area contributed by atoms with Crippen LogP contribution >= 0.6 is 0 Å². The molecule has 1 radical (unpaired) electrons. The van der Waals surface area contributed by atoms with E-state index in [9.17, 15) is 9.18 Å². The number of pyridine rings is 2. The van der Waals surface area contributed by atoms with E-state index >= 15 is 0 Å². The summed E-state index contributed by atoms with van der Waals surface area (Å²) in [5.74, 6) is -0.421. The molecule has 0 aliphatic carbocycles. The van der Waals surface area contributed by atoms with Crippen LogP contribution in [-0.2, 0) is 25.5 Å². The first-order chi connectivity index (χ1) is 32.7. The molecule has 0 aliphatic heterocycles. The Labute approximate surface area is 414 Å². The smallest absolute Gasteiger partial charge is 0.292 e. The van der Waals surface area contributed by atoms with Gasteiger partial charge in [-0.15, -0.1) is 30.3 Å². The summed E-state index contributed by atoms with van der Waals surface area (Å²) in [4.78, 5) is 25.2. The van der Waals surface area contributed by atoms with Crippen LogP contribution in [0.1, 0.15) is 87.4 Å². The molecule has 0 saturated carbocycles. The van der Waals surface area contributed by atoms with E-state index in [0.717, 1.165) is 67.2 Å². The zero-order valence-electron chi connectivity index (χ0n) is 39.4. The Balaban J connectivity index is 0.000000238. The van der Waals surface area contributed by atoms with E-state index in [4.69, 9.17) is 19.5 Å². The van der Waals surface area contributed by atoms with Crippen molar-refractivity contribution in [2.75, 3.05) is 0 Å². The summed E-state index contributed by atoms with van der Waals surface area (Å²) in [6.07, 6.45) is 3.61. The zero-order chi connectivity index (χ0) is 47.4. The van der Waals surface area contributed by atoms with Gasteiger partial charge >= 0.3 is 0 Å². The monoisotopic (exact) mass is 1090 g/mol. The Morgan fingerprint density at radius 3 is 2.09 bits per heavy atom. The minimum absolute atomic E-state index is 0. The fraction of sp³-hybridized carbons (Fsp3) is 0.167. The van der Waals surface area contributed by atoms with Crippen molar-refractivity contribution in [1.82, 2.24) is 19.5 Å². The number of carbonyl (C=O) groups is 1. The number of para-hydroxylation sites is 1. The van der Waals surface area contributed by atoms with Crippen molar-refractivity contribution in [2.45, 2.75) is 65.7 Å². The quantitative estimate of drug-likeness (QED) is 0.126. The number of aromatic carboxylic acids is 1. The molecular formula is C60H49FIrN4O3-2. The van der Waals surface area contributed by atoms with Crippen molar-refractivity contribution < 1.29 is 38.8 Å². The molecule has 0 spiro atoms. The third kappa shape index (κ3) is 8.73. The van der Waals surface area contributed by atoms with E-state index in [-0.39, 0.29) is 36.6 Å². The van der Waals surface area contributed by atoms with Gasteiger partial charge in [0, 0.05) is 48.8 Å². The number of imidazole rings is 1. The van der Waals surface area contributed by atoms with E-state index in [1.54, 1.807) is 12.3 Å². The summed E-state index contributed by atoms with van der Waals surface area (Å²) < 4.78 is 23.1. The molecule has 0 aliphatic rings. The fourth-order valence-corrected chi connectivity index (χ4v) is 9.09. The molecule has 0 unspecified atom stereocenters. The normalized spacial score (nSPS) is 11.7. The average molecular weight is 1090 g/mol. The number of fused-ring (bicyclic) bond motifs is 7. The number of furan rings is 1. The van der Waals surface area contributed by atoms with Crippen LogP contribution in [-0.4, -0.2) is 30.6 Å². The number of hydrogen-bond acceptors (Lipinski definition) is 5. The van der Waals surface area contributed by atoms with Gasteiger partial charge in [0.1, 0.15) is 5.58 Å². The number of benzene rings is 7. The van der Waals surface area contributed by atoms with Gasteiger partial charge in [-0.25, -0.2) is 0 Å². The van der Waals surface area contributed by atoms with Crippen LogP contribution in [0.15, 0.2) is 156 Å². The van der Waals surface area contributed by atoms with E-state index in [2.05, 4.69) is 173 Å². The molecule has 69 heavy (non-hydrogen) atoms. The predicted octanol–water partition coefficient (Wildman–Crippen LogP) is 15.7. The van der Waals surface area contributed by atoms with Crippen LogP contribution in [0.3, 0.4) is 0 Å². The Hall–Kier alpha value is -7.32. The van der Waals surface area contributed by atoms with Gasteiger partial charge in [-0.1, -0.05) is 168 Å². The van der Waals surface area contributed by atoms with Crippen LogP contribution in [0.5, 0.6) is 0 Å². The summed E-state index contributed by atoms with van der Waals surface area (Å²) in [6, 6.07) is 52.8. The first-order valence-corrected chi connectivity index (χ1v) is 22.9. The van der Waals surface area contributed by atoms with Crippen LogP contribution < -0.4 is 0 Å². The number of carboxylic acids is 1. The van der Waals surface area contributed by atoms with Crippen LogP contribution in [0.25, 0.3) is 94.1 Å². The number of carboxylic acid groups (broad SMARTS) is 1. The van der Waals surface area contributed by atoms with E-state index in [1.165, 1.54) is 44.4 Å². The van der Waals surface area contributed by atoms with Gasteiger partial charge in [0.25, 0.3) is 5.97 Å². The maximum Gasteiger partial charge on any atom is 0.292 e. The average Bonchev–Trinajstić information content (AvgIpc) is 3.91. The molecule has 7 nitrogen and oxygen atoms in total. The molecule has 0 saturated heterocycles. The largest absolute Gasteiger partial charge is 0.501 e. The Morgan fingerprint density at radius 2 is 1.41 bits per heavy atom. The second-order valence-electron chi connectivity index (χ2n) is 18.9. The van der Waals surface area contributed by atoms with E-state index < -0.39 is 11.8 Å². The van der Waals surface area contributed by atoms with Crippen molar-refractivity contribution >= 4 is 60.5 Å². The van der Waals surface area contributed by atoms with Crippen molar-refractivity contribution in [1.29, 1.82) is 0 Å². The summed E-state index contributed by atoms with van der Waals surface area (Å²) in [7, 11) is 0. The van der Waals surface area contributed by atoms with Gasteiger partial charge in [0.05, 0.1) is 34.3 Å². The number of aromatic nitrogens is 4. The summed E-state index contributed by atoms with van der Waals surface area (Å²) in [5, 5.41) is 15.8. The Kier molecular flexibility index (Phi) is 12.6. The van der Waals surface area contributed by atoms with Crippen molar-refractivity contribution in [3.8, 4) is 39.6 Å². The molecule has 0 bridgehead atoms. The molecule has 1 N–H and O–H groups in total. The van der Waals surface area contributed by atoms with E-state index in [1.807, 2.05) is 24.4 Å². The molecule has 0 fully saturated rings. The molecule has 11 rings (SSSR count). The van der Waals surface area contributed by atoms with Gasteiger partial charge in [0.15, 0.2) is 0 Å². The second kappa shape index (κ2) is 18.6. The standard InChI is InChI=1S/C44H34N3O.C16H15FNO2.Ir/c1-26(2)31-16-10-17-32(27(3)4)42(31)47-40-24-38(29-13-6-5-7-14-29)45-25-39(40)46-44(47)35-19-11-18-34-37-22-30-21-20-28-12-8-9-15-33(28)36(30)23-41(37)48-43(34)35;1-16(2,3)11-5-7-14(18-9-11)12-6-4-10(15(19)20)8-13(12)17;/h5-18,20-27H,1-4H3;4-5,7-9H,1-3H3,(H,19,20);/q2*-1;. The summed E-state index contributed by atoms with van der Waals surface area (Å²) in [6.45, 7) is 15.3. The Morgan fingerprint density at radius 1 is 0.696 bits per heavy atom. The first-order valence-electron chi connectivity index (χ1n) is 22.9. The minimum atomic E-state index is -1.18. The van der Waals surface area contributed by atoms with Gasteiger partial charge in [-0.2, -0.15) is 0 Å². The van der Waals surface area contributed by atoms with Gasteiger partial charge in [-0.3, -0.25) is 19.2 Å². The third-order valence-corrected chi connectivity index (χ3v) is 12.7. The van der Waals surface area contributed by atoms with Gasteiger partial charge < -0.3 is 19.1 Å². The number of hydrogen-bond donors (Lipinski definition) is 1. The molecule has 4 aromatic heterocycles. The van der Waals surface area contributed by atoms with Crippen LogP contribution in [0.2, 0.25) is 0 Å². The van der Waals surface area contributed by atoms with E-state index in [0.29, 0.717) is 17.5 Å². The van der Waals surface area contributed by atoms with Crippen LogP contribution in [0.4, 0.5) is 4.39 Å². The zero-order valence-corrected chi connectivity index (χ0v) is 41.7. The number of halogens is 1. The second-order valence-corrected chi connectivity index (χ2v) is 18.9.